The van der Waals surface area contributed by atoms with Crippen molar-refractivity contribution in [3.8, 4) is 5.75 Å². The molecule has 0 fully saturated rings. The molecule has 2 aliphatic rings. The van der Waals surface area contributed by atoms with Gasteiger partial charge in [0.05, 0.1) is 25.9 Å². The molecule has 3 rings (SSSR count). The average molecular weight is 442 g/mol. The summed E-state index contributed by atoms with van der Waals surface area (Å²) in [6.07, 6.45) is 0.908. The molecule has 0 saturated heterocycles. The lowest BCUT2D eigenvalue weighted by Crippen LogP contribution is -2.43. The van der Waals surface area contributed by atoms with Gasteiger partial charge in [0.25, 0.3) is 0 Å². The standard InChI is InChI=1S/C25H31NO6/c1-7-14(3)32-25(29)20-15(4)26-18-12-13(2)19(24(28)31-6)23(27)22(18)21(20)16-8-10-17(30-5)11-9-16/h8-11,13-14,19,21,26H,7,12H2,1-6H3/t13-,14-,19-,21+/m0/s1. The van der Waals surface area contributed by atoms with E-state index in [9.17, 15) is 14.4 Å². The minimum absolute atomic E-state index is 0.223. The summed E-state index contributed by atoms with van der Waals surface area (Å²) in [4.78, 5) is 39.3. The predicted molar refractivity (Wildman–Crippen MR) is 119 cm³/mol. The van der Waals surface area contributed by atoms with Crippen molar-refractivity contribution < 1.29 is 28.6 Å². The minimum atomic E-state index is -0.911. The van der Waals surface area contributed by atoms with Crippen molar-refractivity contribution in [1.82, 2.24) is 5.32 Å². The fraction of sp³-hybridized carbons (Fsp3) is 0.480. The van der Waals surface area contributed by atoms with Gasteiger partial charge in [-0.25, -0.2) is 4.79 Å². The number of hydrogen-bond acceptors (Lipinski definition) is 7. The number of methoxy groups -OCH3 is 2. The first-order valence-electron chi connectivity index (χ1n) is 10.9. The van der Waals surface area contributed by atoms with Gasteiger partial charge in [-0.3, -0.25) is 9.59 Å². The molecule has 1 aliphatic heterocycles. The number of rotatable bonds is 6. The predicted octanol–water partition coefficient (Wildman–Crippen LogP) is 3.65. The van der Waals surface area contributed by atoms with Gasteiger partial charge in [-0.05, 0) is 50.3 Å². The molecule has 0 amide bonds. The molecule has 7 heteroatoms. The topological polar surface area (TPSA) is 90.9 Å². The first-order chi connectivity index (χ1) is 15.2. The second-order valence-electron chi connectivity index (χ2n) is 8.43. The number of nitrogens with one attached hydrogen (secondary N) is 1. The summed E-state index contributed by atoms with van der Waals surface area (Å²) in [5.41, 5.74) is 2.93. The highest BCUT2D eigenvalue weighted by molar-refractivity contribution is 6.12. The molecule has 32 heavy (non-hydrogen) atoms. The Bertz CT molecular complexity index is 975. The summed E-state index contributed by atoms with van der Waals surface area (Å²) >= 11 is 0. The molecule has 1 N–H and O–H groups in total. The summed E-state index contributed by atoms with van der Waals surface area (Å²) in [5.74, 6) is -2.47. The van der Waals surface area contributed by atoms with Gasteiger partial charge in [0.2, 0.25) is 0 Å². The minimum Gasteiger partial charge on any atom is -0.497 e. The van der Waals surface area contributed by atoms with Gasteiger partial charge >= 0.3 is 11.9 Å². The maximum Gasteiger partial charge on any atom is 0.337 e. The lowest BCUT2D eigenvalue weighted by atomic mass is 9.69. The Balaban J connectivity index is 2.15. The molecule has 0 saturated carbocycles. The number of dihydropyridines is 1. The highest BCUT2D eigenvalue weighted by Gasteiger charge is 2.47. The normalized spacial score (nSPS) is 23.8. The van der Waals surface area contributed by atoms with Gasteiger partial charge in [0.15, 0.2) is 5.78 Å². The smallest absolute Gasteiger partial charge is 0.337 e. The highest BCUT2D eigenvalue weighted by Crippen LogP contribution is 2.45. The van der Waals surface area contributed by atoms with Crippen LogP contribution in [0.4, 0.5) is 0 Å². The number of Topliss-reactive ketones (excluding diaryl/α,β-unsaturated/α-hetero) is 1. The third-order valence-electron chi connectivity index (χ3n) is 6.30. The third kappa shape index (κ3) is 4.29. The second-order valence-corrected chi connectivity index (χ2v) is 8.43. The van der Waals surface area contributed by atoms with Crippen molar-refractivity contribution in [3.05, 3.63) is 52.4 Å². The Morgan fingerprint density at radius 3 is 2.41 bits per heavy atom. The molecule has 7 nitrogen and oxygen atoms in total. The zero-order valence-electron chi connectivity index (χ0n) is 19.5. The number of esters is 2. The van der Waals surface area contributed by atoms with Gasteiger partial charge in [0, 0.05) is 22.9 Å². The van der Waals surface area contributed by atoms with Crippen LogP contribution < -0.4 is 10.1 Å². The zero-order chi connectivity index (χ0) is 23.6. The summed E-state index contributed by atoms with van der Waals surface area (Å²) < 4.78 is 15.8. The Hall–Kier alpha value is -3.09. The van der Waals surface area contributed by atoms with Gasteiger partial charge in [-0.1, -0.05) is 26.0 Å². The number of allylic oxidation sites excluding steroid dienone is 3. The van der Waals surface area contributed by atoms with E-state index in [0.29, 0.717) is 35.4 Å². The van der Waals surface area contributed by atoms with E-state index in [1.54, 1.807) is 19.2 Å². The van der Waals surface area contributed by atoms with Crippen LogP contribution in [0.5, 0.6) is 5.75 Å². The van der Waals surface area contributed by atoms with Crippen LogP contribution in [-0.2, 0) is 23.9 Å². The first kappa shape index (κ1) is 23.6. The maximum atomic E-state index is 13.6. The maximum absolute atomic E-state index is 13.6. The first-order valence-corrected chi connectivity index (χ1v) is 10.9. The lowest BCUT2D eigenvalue weighted by molar-refractivity contribution is -0.151. The monoisotopic (exact) mass is 441 g/mol. The van der Waals surface area contributed by atoms with E-state index in [-0.39, 0.29) is 17.8 Å². The Kier molecular flexibility index (Phi) is 7.06. The fourth-order valence-electron chi connectivity index (χ4n) is 4.41. The molecule has 1 heterocycles. The Labute approximate surface area is 188 Å². The molecule has 1 aliphatic carbocycles. The molecule has 0 bridgehead atoms. The number of ether oxygens (including phenoxy) is 3. The van der Waals surface area contributed by atoms with Crippen LogP contribution >= 0.6 is 0 Å². The van der Waals surface area contributed by atoms with Crippen molar-refractivity contribution in [2.75, 3.05) is 14.2 Å². The molecular weight excluding hydrogens is 410 g/mol. The fourth-order valence-corrected chi connectivity index (χ4v) is 4.41. The van der Waals surface area contributed by atoms with Gasteiger partial charge in [-0.2, -0.15) is 0 Å². The van der Waals surface area contributed by atoms with Crippen molar-refractivity contribution >= 4 is 17.7 Å². The van der Waals surface area contributed by atoms with Crippen LogP contribution in [0.15, 0.2) is 46.8 Å². The number of hydrogen-bond donors (Lipinski definition) is 1. The van der Waals surface area contributed by atoms with E-state index in [4.69, 9.17) is 14.2 Å². The van der Waals surface area contributed by atoms with Crippen molar-refractivity contribution in [3.63, 3.8) is 0 Å². The molecule has 0 unspecified atom stereocenters. The van der Waals surface area contributed by atoms with Crippen LogP contribution in [0.3, 0.4) is 0 Å². The number of carbonyl (C=O) groups is 3. The van der Waals surface area contributed by atoms with Gasteiger partial charge in [0.1, 0.15) is 11.7 Å². The van der Waals surface area contributed by atoms with Crippen LogP contribution in [0.25, 0.3) is 0 Å². The van der Waals surface area contributed by atoms with Gasteiger partial charge in [-0.15, -0.1) is 0 Å². The largest absolute Gasteiger partial charge is 0.497 e. The van der Waals surface area contributed by atoms with Crippen molar-refractivity contribution in [1.29, 1.82) is 0 Å². The second kappa shape index (κ2) is 9.59. The summed E-state index contributed by atoms with van der Waals surface area (Å²) in [6, 6.07) is 7.25. The van der Waals surface area contributed by atoms with E-state index in [1.165, 1.54) is 7.11 Å². The number of carbonyl (C=O) groups excluding carboxylic acids is 3. The Morgan fingerprint density at radius 1 is 1.19 bits per heavy atom. The molecule has 172 valence electrons. The summed E-state index contributed by atoms with van der Waals surface area (Å²) in [7, 11) is 2.86. The quantitative estimate of drug-likeness (QED) is 0.532. The van der Waals surface area contributed by atoms with Crippen LogP contribution in [0.1, 0.15) is 52.0 Å². The lowest BCUT2D eigenvalue weighted by Gasteiger charge is -2.38. The molecular formula is C25H31NO6. The number of benzene rings is 1. The van der Waals surface area contributed by atoms with Crippen molar-refractivity contribution in [2.24, 2.45) is 11.8 Å². The van der Waals surface area contributed by atoms with E-state index >= 15 is 0 Å². The molecule has 0 aromatic heterocycles. The zero-order valence-corrected chi connectivity index (χ0v) is 19.5. The average Bonchev–Trinajstić information content (AvgIpc) is 2.77. The Morgan fingerprint density at radius 2 is 1.84 bits per heavy atom. The SMILES string of the molecule is CC[C@H](C)OC(=O)C1=C(C)NC2=C(C(=O)[C@@H](C(=O)OC)[C@@H](C)C2)[C@@H]1c1ccc(OC)cc1. The van der Waals surface area contributed by atoms with E-state index in [1.807, 2.05) is 39.8 Å². The molecule has 4 atom stereocenters. The van der Waals surface area contributed by atoms with Gasteiger partial charge < -0.3 is 19.5 Å². The summed E-state index contributed by atoms with van der Waals surface area (Å²) in [5, 5.41) is 3.26. The molecule has 1 aromatic carbocycles. The third-order valence-corrected chi connectivity index (χ3v) is 6.30. The number of ketones is 1. The highest BCUT2D eigenvalue weighted by atomic mass is 16.5. The summed E-state index contributed by atoms with van der Waals surface area (Å²) in [6.45, 7) is 7.44. The van der Waals surface area contributed by atoms with Crippen LogP contribution in [0, 0.1) is 11.8 Å². The van der Waals surface area contributed by atoms with E-state index < -0.39 is 23.8 Å². The van der Waals surface area contributed by atoms with E-state index in [0.717, 1.165) is 11.3 Å². The van der Waals surface area contributed by atoms with Crippen LogP contribution in [0.2, 0.25) is 0 Å². The van der Waals surface area contributed by atoms with Crippen molar-refractivity contribution in [2.45, 2.75) is 52.6 Å². The molecule has 1 aromatic rings. The van der Waals surface area contributed by atoms with E-state index in [2.05, 4.69) is 5.32 Å². The van der Waals surface area contributed by atoms with Crippen LogP contribution in [-0.4, -0.2) is 38.0 Å². The molecule has 0 radical (unpaired) electrons. The molecule has 0 spiro atoms.